The Morgan fingerprint density at radius 2 is 2.11 bits per heavy atom. The number of amidine groups is 1. The standard InChI is InChI=1S/C13H17N3O2S/c1-16(11(8-14)9-6-7-9)13-10-4-2-3-5-12(10)19(17,18)15-13/h2-5,9,11H,6-8,14H2,1H3. The Bertz CT molecular complexity index is 635. The molecule has 1 aliphatic heterocycles. The molecular formula is C13H17N3O2S. The van der Waals surface area contributed by atoms with Gasteiger partial charge in [0.1, 0.15) is 4.90 Å². The van der Waals surface area contributed by atoms with Crippen LogP contribution in [0.2, 0.25) is 0 Å². The van der Waals surface area contributed by atoms with E-state index in [1.54, 1.807) is 18.2 Å². The van der Waals surface area contributed by atoms with Crippen LogP contribution in [0.4, 0.5) is 0 Å². The molecule has 6 heteroatoms. The summed E-state index contributed by atoms with van der Waals surface area (Å²) in [7, 11) is -1.66. The van der Waals surface area contributed by atoms with Crippen molar-refractivity contribution in [1.82, 2.24) is 4.90 Å². The van der Waals surface area contributed by atoms with Crippen LogP contribution >= 0.6 is 0 Å². The van der Waals surface area contributed by atoms with E-state index in [2.05, 4.69) is 4.40 Å². The van der Waals surface area contributed by atoms with E-state index in [1.807, 2.05) is 18.0 Å². The maximum Gasteiger partial charge on any atom is 0.285 e. The van der Waals surface area contributed by atoms with E-state index in [1.165, 1.54) is 0 Å². The molecule has 2 aliphatic rings. The summed E-state index contributed by atoms with van der Waals surface area (Å²) in [5.41, 5.74) is 6.51. The number of hydrogen-bond acceptors (Lipinski definition) is 4. The molecule has 5 nitrogen and oxygen atoms in total. The molecule has 1 aromatic carbocycles. The lowest BCUT2D eigenvalue weighted by atomic mass is 10.1. The minimum Gasteiger partial charge on any atom is -0.354 e. The summed E-state index contributed by atoms with van der Waals surface area (Å²) in [5, 5.41) is 0. The van der Waals surface area contributed by atoms with Crippen molar-refractivity contribution in [2.24, 2.45) is 16.0 Å². The molecule has 0 radical (unpaired) electrons. The first kappa shape index (κ1) is 12.6. The predicted molar refractivity (Wildman–Crippen MR) is 73.5 cm³/mol. The summed E-state index contributed by atoms with van der Waals surface area (Å²) >= 11 is 0. The Morgan fingerprint density at radius 3 is 2.74 bits per heavy atom. The number of hydrogen-bond donors (Lipinski definition) is 1. The fraction of sp³-hybridized carbons (Fsp3) is 0.462. The molecule has 3 rings (SSSR count). The van der Waals surface area contributed by atoms with Crippen molar-refractivity contribution in [3.05, 3.63) is 29.8 Å². The molecule has 1 aliphatic carbocycles. The summed E-state index contributed by atoms with van der Waals surface area (Å²) < 4.78 is 28.0. The Balaban J connectivity index is 2.02. The Morgan fingerprint density at radius 1 is 1.42 bits per heavy atom. The number of likely N-dealkylation sites (N-methyl/N-ethyl adjacent to an activating group) is 1. The van der Waals surface area contributed by atoms with Gasteiger partial charge in [0.25, 0.3) is 10.0 Å². The van der Waals surface area contributed by atoms with E-state index >= 15 is 0 Å². The average Bonchev–Trinajstić information content (AvgIpc) is 3.17. The van der Waals surface area contributed by atoms with Crippen molar-refractivity contribution in [1.29, 1.82) is 0 Å². The third-order valence-corrected chi connectivity index (χ3v) is 5.18. The van der Waals surface area contributed by atoms with Gasteiger partial charge in [0.15, 0.2) is 5.84 Å². The van der Waals surface area contributed by atoms with Gasteiger partial charge >= 0.3 is 0 Å². The molecule has 0 aromatic heterocycles. The van der Waals surface area contributed by atoms with E-state index in [-0.39, 0.29) is 6.04 Å². The molecule has 0 amide bonds. The van der Waals surface area contributed by atoms with Gasteiger partial charge in [0.05, 0.1) is 0 Å². The Labute approximate surface area is 113 Å². The highest BCUT2D eigenvalue weighted by Crippen LogP contribution is 2.36. The molecule has 19 heavy (non-hydrogen) atoms. The summed E-state index contributed by atoms with van der Waals surface area (Å²) in [6, 6.07) is 7.12. The number of fused-ring (bicyclic) bond motifs is 1. The normalized spacial score (nSPS) is 21.7. The lowest BCUT2D eigenvalue weighted by Crippen LogP contribution is -2.43. The molecule has 0 saturated heterocycles. The second-order valence-electron chi connectivity index (χ2n) is 5.14. The van der Waals surface area contributed by atoms with Crippen molar-refractivity contribution in [3.63, 3.8) is 0 Å². The quantitative estimate of drug-likeness (QED) is 0.888. The van der Waals surface area contributed by atoms with Crippen LogP contribution in [0.5, 0.6) is 0 Å². The zero-order valence-electron chi connectivity index (χ0n) is 10.8. The fourth-order valence-electron chi connectivity index (χ4n) is 2.65. The van der Waals surface area contributed by atoms with Crippen molar-refractivity contribution < 1.29 is 8.42 Å². The van der Waals surface area contributed by atoms with Crippen LogP contribution in [0.1, 0.15) is 18.4 Å². The summed E-state index contributed by atoms with van der Waals surface area (Å²) in [5.74, 6) is 1.09. The molecule has 1 unspecified atom stereocenters. The van der Waals surface area contributed by atoms with Crippen molar-refractivity contribution in [2.75, 3.05) is 13.6 Å². The number of nitrogens with zero attached hydrogens (tertiary/aromatic N) is 2. The van der Waals surface area contributed by atoms with Crippen LogP contribution in [-0.2, 0) is 10.0 Å². The minimum absolute atomic E-state index is 0.167. The van der Waals surface area contributed by atoms with Gasteiger partial charge in [-0.15, -0.1) is 4.40 Å². The van der Waals surface area contributed by atoms with Crippen LogP contribution < -0.4 is 5.73 Å². The van der Waals surface area contributed by atoms with Gasteiger partial charge in [-0.2, -0.15) is 8.42 Å². The zero-order valence-corrected chi connectivity index (χ0v) is 11.6. The minimum atomic E-state index is -3.54. The van der Waals surface area contributed by atoms with Crippen LogP contribution in [0.15, 0.2) is 33.6 Å². The highest BCUT2D eigenvalue weighted by Gasteiger charge is 2.38. The van der Waals surface area contributed by atoms with E-state index < -0.39 is 10.0 Å². The van der Waals surface area contributed by atoms with Crippen LogP contribution in [-0.4, -0.2) is 38.8 Å². The second kappa shape index (κ2) is 4.31. The molecule has 1 saturated carbocycles. The second-order valence-corrected chi connectivity index (χ2v) is 6.71. The summed E-state index contributed by atoms with van der Waals surface area (Å²) in [4.78, 5) is 2.23. The van der Waals surface area contributed by atoms with Crippen LogP contribution in [0, 0.1) is 5.92 Å². The summed E-state index contributed by atoms with van der Waals surface area (Å²) in [6.45, 7) is 0.516. The van der Waals surface area contributed by atoms with Crippen LogP contribution in [0.25, 0.3) is 0 Å². The first-order valence-electron chi connectivity index (χ1n) is 6.42. The van der Waals surface area contributed by atoms with Crippen molar-refractivity contribution >= 4 is 15.9 Å². The van der Waals surface area contributed by atoms with Crippen molar-refractivity contribution in [3.8, 4) is 0 Å². The Hall–Kier alpha value is -1.40. The van der Waals surface area contributed by atoms with E-state index in [0.717, 1.165) is 12.8 Å². The largest absolute Gasteiger partial charge is 0.354 e. The molecule has 1 aromatic rings. The van der Waals surface area contributed by atoms with Gasteiger partial charge in [-0.25, -0.2) is 0 Å². The lowest BCUT2D eigenvalue weighted by molar-refractivity contribution is 0.336. The average molecular weight is 279 g/mol. The lowest BCUT2D eigenvalue weighted by Gasteiger charge is -2.28. The predicted octanol–water partition coefficient (Wildman–Crippen LogP) is 0.805. The first-order valence-corrected chi connectivity index (χ1v) is 7.86. The monoisotopic (exact) mass is 279 g/mol. The third-order valence-electron chi connectivity index (χ3n) is 3.85. The smallest absolute Gasteiger partial charge is 0.285 e. The number of benzene rings is 1. The van der Waals surface area contributed by atoms with Gasteiger partial charge < -0.3 is 10.6 Å². The Kier molecular flexibility index (Phi) is 2.87. The molecular weight excluding hydrogens is 262 g/mol. The number of sulfonamides is 1. The molecule has 102 valence electrons. The highest BCUT2D eigenvalue weighted by atomic mass is 32.2. The SMILES string of the molecule is CN(C1=NS(=O)(=O)c2ccccc21)C(CN)C1CC1. The number of nitrogens with two attached hydrogens (primary N) is 1. The molecule has 1 fully saturated rings. The topological polar surface area (TPSA) is 75.8 Å². The van der Waals surface area contributed by atoms with E-state index in [9.17, 15) is 8.42 Å². The first-order chi connectivity index (χ1) is 9.04. The van der Waals surface area contributed by atoms with Crippen molar-refractivity contribution in [2.45, 2.75) is 23.8 Å². The fourth-order valence-corrected chi connectivity index (χ4v) is 3.89. The maximum absolute atomic E-state index is 12.0. The van der Waals surface area contributed by atoms with Gasteiger partial charge in [0, 0.05) is 25.2 Å². The third kappa shape index (κ3) is 2.04. The van der Waals surface area contributed by atoms with Crippen LogP contribution in [0.3, 0.4) is 0 Å². The van der Waals surface area contributed by atoms with Gasteiger partial charge in [-0.3, -0.25) is 0 Å². The zero-order chi connectivity index (χ0) is 13.6. The highest BCUT2D eigenvalue weighted by molar-refractivity contribution is 7.90. The molecule has 1 atom stereocenters. The van der Waals surface area contributed by atoms with E-state index in [4.69, 9.17) is 5.73 Å². The molecule has 0 spiro atoms. The van der Waals surface area contributed by atoms with E-state index in [0.29, 0.717) is 28.8 Å². The maximum atomic E-state index is 12.0. The van der Waals surface area contributed by atoms with Gasteiger partial charge in [-0.05, 0) is 30.9 Å². The van der Waals surface area contributed by atoms with Gasteiger partial charge in [0.2, 0.25) is 0 Å². The van der Waals surface area contributed by atoms with Gasteiger partial charge in [-0.1, -0.05) is 12.1 Å². The molecule has 1 heterocycles. The number of rotatable bonds is 3. The molecule has 2 N–H and O–H groups in total. The molecule has 0 bridgehead atoms. The summed E-state index contributed by atoms with van der Waals surface area (Å²) in [6.07, 6.45) is 2.32.